The van der Waals surface area contributed by atoms with Crippen molar-refractivity contribution < 1.29 is 116 Å². The van der Waals surface area contributed by atoms with E-state index in [1.807, 2.05) is 4.90 Å². The fraction of sp³-hybridized carbons (Fsp3) is 0.589. The molecular weight excluding hydrogens is 1870 g/mol. The van der Waals surface area contributed by atoms with Gasteiger partial charge in [0.25, 0.3) is 0 Å². The van der Waals surface area contributed by atoms with Gasteiger partial charge in [-0.3, -0.25) is 96.0 Å². The van der Waals surface area contributed by atoms with Crippen molar-refractivity contribution in [2.75, 3.05) is 114 Å². The molecule has 18 amide bonds. The van der Waals surface area contributed by atoms with Crippen LogP contribution in [0.2, 0.25) is 0 Å². The van der Waals surface area contributed by atoms with Crippen LogP contribution in [0.15, 0.2) is 60.9 Å². The summed E-state index contributed by atoms with van der Waals surface area (Å²) in [5.41, 5.74) is 13.6. The van der Waals surface area contributed by atoms with E-state index in [4.69, 9.17) is 21.1 Å². The van der Waals surface area contributed by atoms with Gasteiger partial charge in [-0.2, -0.15) is 44.9 Å². The fourth-order valence-electron chi connectivity index (χ4n) is 15.7. The molecule has 14 atom stereocenters. The Kier molecular flexibility index (Phi) is 46.6. The third-order valence-corrected chi connectivity index (χ3v) is 26.7. The quantitative estimate of drug-likeness (QED) is 0.0428. The Bertz CT molecular complexity index is 5050. The van der Waals surface area contributed by atoms with Crippen LogP contribution in [0, 0.1) is 17.8 Å². The number of aliphatic carboxylic acids is 1. The third kappa shape index (κ3) is 36.0. The van der Waals surface area contributed by atoms with Gasteiger partial charge in [-0.15, -0.1) is 0 Å². The lowest BCUT2D eigenvalue weighted by Crippen LogP contribution is -2.61. The lowest BCUT2D eigenvalue weighted by molar-refractivity contribution is -0.192. The number of amides is 18. The Morgan fingerprint density at radius 2 is 1.09 bits per heavy atom. The van der Waals surface area contributed by atoms with Crippen LogP contribution >= 0.6 is 35.3 Å². The van der Waals surface area contributed by atoms with Crippen molar-refractivity contribution in [2.24, 2.45) is 29.2 Å². The molecule has 139 heavy (non-hydrogen) atoms. The number of aromatic amines is 2. The van der Waals surface area contributed by atoms with Gasteiger partial charge in [0.15, 0.2) is 5.78 Å². The fourth-order valence-corrected chi connectivity index (χ4v) is 18.8. The van der Waals surface area contributed by atoms with E-state index in [9.17, 15) is 96.5 Å². The van der Waals surface area contributed by atoms with Crippen LogP contribution in [0.4, 0.5) is 4.79 Å². The molecule has 4 aliphatic rings. The normalized spacial score (nSPS) is 24.4. The molecule has 0 radical (unpaired) electrons. The largest absolute Gasteiger partial charge is 0.481 e. The summed E-state index contributed by atoms with van der Waals surface area (Å²) >= 11 is 3.24. The van der Waals surface area contributed by atoms with Crippen LogP contribution in [-0.4, -0.2) is 355 Å². The van der Waals surface area contributed by atoms with Gasteiger partial charge in [0, 0.05) is 173 Å². The van der Waals surface area contributed by atoms with Gasteiger partial charge in [-0.25, -0.2) is 4.79 Å². The van der Waals surface area contributed by atoms with Crippen LogP contribution in [0.25, 0.3) is 21.8 Å². The number of aliphatic hydroxyl groups is 1. The second-order valence-corrected chi connectivity index (χ2v) is 38.3. The molecule has 4 fully saturated rings. The first-order valence-electron chi connectivity index (χ1n) is 46.1. The number of hydrogen-bond donors (Lipinski definition) is 19. The zero-order valence-corrected chi connectivity index (χ0v) is 81.6. The highest BCUT2D eigenvalue weighted by Gasteiger charge is 2.43. The molecule has 762 valence electrons. The number of aromatic nitrogens is 2. The van der Waals surface area contributed by atoms with Crippen LogP contribution in [0.3, 0.4) is 0 Å². The maximum atomic E-state index is 15.4. The number of carboxylic acids is 1. The number of carbonyl (C=O) groups is 20. The predicted molar refractivity (Wildman–Crippen MR) is 511 cm³/mol. The number of nitrogens with two attached hydrogens (primary N) is 2. The van der Waals surface area contributed by atoms with E-state index >= 15 is 9.59 Å². The number of nitrogens with one attached hydrogen (secondary N) is 15. The SMILES string of the molecule is CC[C@@H]1NC(=O)[C@H]([C@@H](C)O)NC(=O)[C@@H](CC(=O)[C@H](C)NC(=O)CN(C)C(=O)CCN)CSCCC(=O)NCCN2CN3CCNC(=O)CCSC[C@@H](C(N)=O)NC(=O)[C@@H]4CCCN4C(=O)[C@H](C(C)C)NC(=O)[C@H](Cc4c[nH]c5ccccc45)NC(=O)CNC(=O)[C@H](CC(=O)O)NC(=O)[C@H](C(C)C)NC(=O)[C@H](Cc4c[nH]c5ccccc45)NC(=O)[C@H](CSCCC(=O)CCCN(C3)C2=O)NC1=O.O=C=O. The standard InChI is InChI=1S/C89H130N22O22S3.CO2/c1-9-59-81(125)103-66-46-135-33-23-56(113)16-14-29-109-47-108(48-110(89(109)133)32-28-93-70(116)24-34-134-44-55(79(123)106-77(52(7)112)87(131)99-59)38-68(114)51(6)97-72(118)43-107(8)73(119)22-26-90)31-27-92-69(115)25-35-136-45-65(78(91)122)102-85(129)67-21-15-30-111(67)88(132)76(50(4)5)105-82(126)62(36-53-40-94-60-19-12-10-17-57(53)60)98-71(117)42-96-80(124)64(39-74(120)121)101-86(130)75(49(2)3)104-83(127)63(100-84(66)128)37-54-41-95-61-20-13-11-18-58(54)61;2-1-3/h10-13,17-20,40-41,49-52,55,59,62-67,75-77,94-95,112H,9,14-16,21-39,42-48,90H2,1-8H3,(H2,91,122)(H,92,115)(H,93,116)(H,96,124)(H,97,118)(H,98,117)(H,99,131)(H,100,128)(H,101,130)(H,102,129)(H,103,125)(H,104,127)(H,105,126)(H,106,123)(H,120,121);/t51-,52+,55-,59-,62-,63-,64-,65-,66-,67-,75-,76-,77-;/m0./s1. The average Bonchev–Trinajstić information content (AvgIpc) is 1.57. The minimum atomic E-state index is -1.96. The van der Waals surface area contributed by atoms with E-state index in [2.05, 4.69) is 79.1 Å². The number of carboxylic acid groups (broad SMARTS) is 1. The number of carbonyl (C=O) groups excluding carboxylic acids is 21. The second-order valence-electron chi connectivity index (χ2n) is 34.9. The lowest BCUT2D eigenvalue weighted by Gasteiger charge is -2.42. The summed E-state index contributed by atoms with van der Waals surface area (Å²) < 4.78 is 0. The summed E-state index contributed by atoms with van der Waals surface area (Å²) in [4.78, 5) is 312. The average molecular weight is 2000 g/mol. The van der Waals surface area contributed by atoms with E-state index in [0.29, 0.717) is 39.4 Å². The second kappa shape index (κ2) is 57.1. The number of fused-ring (bicyclic) bond motifs is 13. The Labute approximate surface area is 815 Å². The number of benzene rings is 2. The summed E-state index contributed by atoms with van der Waals surface area (Å²) in [7, 11) is 1.37. The highest BCUT2D eigenvalue weighted by molar-refractivity contribution is 7.99. The Balaban J connectivity index is 0.00000864. The number of H-pyrrole nitrogens is 2. The van der Waals surface area contributed by atoms with Gasteiger partial charge >= 0.3 is 18.2 Å². The molecule has 2 aromatic carbocycles. The van der Waals surface area contributed by atoms with Gasteiger partial charge in [-0.05, 0) is 74.6 Å². The minimum absolute atomic E-state index is 0.0165. The number of ketones is 2. The molecule has 0 spiro atoms. The van der Waals surface area contributed by atoms with Gasteiger partial charge in [0.05, 0.1) is 50.9 Å². The molecule has 4 bridgehead atoms. The molecule has 1 unspecified atom stereocenters. The van der Waals surface area contributed by atoms with Crippen LogP contribution in [-0.2, 0) is 114 Å². The number of para-hydroxylation sites is 2. The van der Waals surface area contributed by atoms with Crippen LogP contribution in [0.1, 0.15) is 130 Å². The Hall–Kier alpha value is -12.6. The molecule has 2 aromatic heterocycles. The first kappa shape index (κ1) is 113. The van der Waals surface area contributed by atoms with Crippen molar-refractivity contribution in [1.29, 1.82) is 0 Å². The molecule has 21 N–H and O–H groups in total. The summed E-state index contributed by atoms with van der Waals surface area (Å²) in [6.45, 7) is 9.39. The zero-order valence-electron chi connectivity index (χ0n) is 79.1. The molecule has 8 rings (SSSR count). The summed E-state index contributed by atoms with van der Waals surface area (Å²) in [6, 6.07) is -3.20. The molecule has 4 aliphatic heterocycles. The summed E-state index contributed by atoms with van der Waals surface area (Å²) in [6.07, 6.45) is -0.401. The maximum Gasteiger partial charge on any atom is 0.373 e. The molecule has 4 saturated heterocycles. The van der Waals surface area contributed by atoms with Gasteiger partial charge in [0.1, 0.15) is 66.2 Å². The monoisotopic (exact) mass is 2000 g/mol. The van der Waals surface area contributed by atoms with Gasteiger partial charge in [0.2, 0.25) is 94.5 Å². The number of primary amides is 1. The van der Waals surface area contributed by atoms with Gasteiger partial charge in [-0.1, -0.05) is 71.0 Å². The molecule has 0 aliphatic carbocycles. The maximum absolute atomic E-state index is 15.4. The van der Waals surface area contributed by atoms with Crippen molar-refractivity contribution >= 4 is 181 Å². The number of urea groups is 1. The summed E-state index contributed by atoms with van der Waals surface area (Å²) in [5.74, 6) is -19.4. The summed E-state index contributed by atoms with van der Waals surface area (Å²) in [5, 5.41) is 56.9. The van der Waals surface area contributed by atoms with Crippen molar-refractivity contribution in [3.05, 3.63) is 72.1 Å². The first-order chi connectivity index (χ1) is 66.1. The molecule has 46 nitrogen and oxygen atoms in total. The Morgan fingerprint density at radius 3 is 1.67 bits per heavy atom. The number of thioether (sulfide) groups is 3. The van der Waals surface area contributed by atoms with E-state index in [1.54, 1.807) is 74.8 Å². The lowest BCUT2D eigenvalue weighted by atomic mass is 9.98. The van der Waals surface area contributed by atoms with Crippen molar-refractivity contribution in [3.8, 4) is 0 Å². The topological polar surface area (TPSA) is 672 Å². The van der Waals surface area contributed by atoms with E-state index in [-0.39, 0.29) is 170 Å². The van der Waals surface area contributed by atoms with Crippen LogP contribution in [0.5, 0.6) is 0 Å². The number of aliphatic hydroxyl groups excluding tert-OH is 1. The predicted octanol–water partition coefficient (Wildman–Crippen LogP) is -3.80. The number of rotatable bonds is 19. The smallest absolute Gasteiger partial charge is 0.373 e. The van der Waals surface area contributed by atoms with Crippen LogP contribution < -0.4 is 80.6 Å². The number of likely N-dealkylation sites (N-methyl/N-ethyl adjacent to an activating group) is 1. The molecular formula is C90H130N22O24S3. The molecule has 49 heteroatoms. The van der Waals surface area contributed by atoms with Gasteiger partial charge < -0.3 is 120 Å². The zero-order chi connectivity index (χ0) is 102. The number of nitrogens with zero attached hydrogens (tertiary/aromatic N) is 5. The highest BCUT2D eigenvalue weighted by Crippen LogP contribution is 2.26. The number of hydrogen-bond acceptors (Lipinski definition) is 28. The molecule has 6 heterocycles. The molecule has 4 aromatic rings. The minimum Gasteiger partial charge on any atom is -0.481 e. The van der Waals surface area contributed by atoms with Crippen molar-refractivity contribution in [1.82, 2.24) is 104 Å². The Morgan fingerprint density at radius 1 is 0.554 bits per heavy atom. The van der Waals surface area contributed by atoms with E-state index in [1.165, 1.54) is 56.4 Å². The molecule has 0 saturated carbocycles. The van der Waals surface area contributed by atoms with Crippen molar-refractivity contribution in [3.63, 3.8) is 0 Å². The number of Topliss-reactive ketones (excluding diaryl/α,β-unsaturated/α-hetero) is 2. The van der Waals surface area contributed by atoms with Crippen molar-refractivity contribution in [2.45, 2.75) is 205 Å². The first-order valence-corrected chi connectivity index (χ1v) is 49.5. The van der Waals surface area contributed by atoms with E-state index in [0.717, 1.165) is 40.2 Å². The highest BCUT2D eigenvalue weighted by atomic mass is 32.2. The van der Waals surface area contributed by atoms with E-state index < -0.39 is 229 Å². The third-order valence-electron chi connectivity index (χ3n) is 23.5.